The molecule has 2 atom stereocenters. The molecule has 1 aromatic heterocycles. The summed E-state index contributed by atoms with van der Waals surface area (Å²) < 4.78 is 16.6. The number of hydrogen-bond acceptors (Lipinski definition) is 7. The third-order valence-electron chi connectivity index (χ3n) is 6.79. The predicted molar refractivity (Wildman–Crippen MR) is 154 cm³/mol. The van der Waals surface area contributed by atoms with E-state index in [0.29, 0.717) is 40.8 Å². The predicted octanol–water partition coefficient (Wildman–Crippen LogP) is 4.13. The highest BCUT2D eigenvalue weighted by molar-refractivity contribution is 7.12. The number of carbonyl (C=O) groups excluding carboxylic acids is 3. The van der Waals surface area contributed by atoms with Gasteiger partial charge in [0.15, 0.2) is 11.5 Å². The van der Waals surface area contributed by atoms with Crippen molar-refractivity contribution in [3.63, 3.8) is 0 Å². The molecular weight excluding hydrogens is 530 g/mol. The molecule has 2 N–H and O–H groups in total. The number of amides is 3. The van der Waals surface area contributed by atoms with Gasteiger partial charge in [0.1, 0.15) is 6.04 Å². The van der Waals surface area contributed by atoms with Crippen LogP contribution in [0, 0.1) is 0 Å². The Labute approximate surface area is 238 Å². The molecule has 10 heteroatoms. The van der Waals surface area contributed by atoms with Crippen LogP contribution in [0.15, 0.2) is 60.0 Å². The average Bonchev–Trinajstić information content (AvgIpc) is 3.72. The second kappa shape index (κ2) is 14.0. The molecule has 4 rings (SSSR count). The summed E-state index contributed by atoms with van der Waals surface area (Å²) in [6, 6.07) is 15.0. The van der Waals surface area contributed by atoms with Crippen molar-refractivity contribution in [2.24, 2.45) is 0 Å². The molecular formula is C30H35N3O6S. The molecule has 212 valence electrons. The second-order valence-corrected chi connectivity index (χ2v) is 10.3. The summed E-state index contributed by atoms with van der Waals surface area (Å²) in [4.78, 5) is 42.4. The van der Waals surface area contributed by atoms with E-state index in [1.807, 2.05) is 31.2 Å². The molecule has 3 aromatic rings. The topological polar surface area (TPSA) is 106 Å². The molecule has 40 heavy (non-hydrogen) atoms. The molecule has 2 aromatic carbocycles. The zero-order valence-corrected chi connectivity index (χ0v) is 23.8. The van der Waals surface area contributed by atoms with E-state index in [-0.39, 0.29) is 24.5 Å². The molecule has 0 radical (unpaired) electrons. The standard InChI is InChI=1S/C30H35N3O6S/c1-4-20-9-12-22(13-10-20)33(27(34)19-32-29(35)26-8-6-16-40-26)28(30(36)31-18-23-7-5-15-39-23)21-11-14-24(37-2)25(17-21)38-3/h6,8-14,16-17,23,28H,4-5,7,15,18-19H2,1-3H3,(H,31,36)(H,32,35)/t23-,28-/m0/s1. The molecule has 0 unspecified atom stereocenters. The Bertz CT molecular complexity index is 1290. The normalized spacial score (nSPS) is 15.2. The quantitative estimate of drug-likeness (QED) is 0.342. The summed E-state index contributed by atoms with van der Waals surface area (Å²) in [6.07, 6.45) is 2.55. The Morgan fingerprint density at radius 3 is 2.45 bits per heavy atom. The first kappa shape index (κ1) is 29.1. The third kappa shape index (κ3) is 7.00. The molecule has 0 aliphatic carbocycles. The highest BCUT2D eigenvalue weighted by Crippen LogP contribution is 2.34. The zero-order valence-electron chi connectivity index (χ0n) is 23.0. The van der Waals surface area contributed by atoms with Crippen LogP contribution >= 0.6 is 11.3 Å². The number of thiophene rings is 1. The lowest BCUT2D eigenvalue weighted by Gasteiger charge is -2.32. The fourth-order valence-corrected chi connectivity index (χ4v) is 5.26. The summed E-state index contributed by atoms with van der Waals surface area (Å²) in [5.41, 5.74) is 2.15. The van der Waals surface area contributed by atoms with Crippen LogP contribution < -0.4 is 25.0 Å². The van der Waals surface area contributed by atoms with Gasteiger partial charge in [0.2, 0.25) is 11.8 Å². The summed E-state index contributed by atoms with van der Waals surface area (Å²) in [7, 11) is 3.05. The van der Waals surface area contributed by atoms with Gasteiger partial charge in [-0.3, -0.25) is 19.3 Å². The molecule has 0 saturated carbocycles. The van der Waals surface area contributed by atoms with Crippen molar-refractivity contribution in [1.29, 1.82) is 0 Å². The van der Waals surface area contributed by atoms with Crippen LogP contribution in [0.1, 0.15) is 46.6 Å². The van der Waals surface area contributed by atoms with Crippen molar-refractivity contribution in [3.05, 3.63) is 76.0 Å². The van der Waals surface area contributed by atoms with Crippen molar-refractivity contribution in [1.82, 2.24) is 10.6 Å². The number of ether oxygens (including phenoxy) is 3. The largest absolute Gasteiger partial charge is 0.493 e. The van der Waals surface area contributed by atoms with E-state index in [4.69, 9.17) is 14.2 Å². The summed E-state index contributed by atoms with van der Waals surface area (Å²) in [5.74, 6) is -0.244. The highest BCUT2D eigenvalue weighted by Gasteiger charge is 2.34. The van der Waals surface area contributed by atoms with Gasteiger partial charge in [0.05, 0.1) is 31.7 Å². The Kier molecular flexibility index (Phi) is 10.2. The van der Waals surface area contributed by atoms with Crippen molar-refractivity contribution in [2.45, 2.75) is 38.3 Å². The van der Waals surface area contributed by atoms with E-state index in [2.05, 4.69) is 10.6 Å². The number of aryl methyl sites for hydroxylation is 1. The first-order chi connectivity index (χ1) is 19.4. The van der Waals surface area contributed by atoms with Crippen LogP contribution in [0.25, 0.3) is 0 Å². The fraction of sp³-hybridized carbons (Fsp3) is 0.367. The number of methoxy groups -OCH3 is 2. The molecule has 1 saturated heterocycles. The van der Waals surface area contributed by atoms with Gasteiger partial charge in [0.25, 0.3) is 5.91 Å². The number of benzene rings is 2. The lowest BCUT2D eigenvalue weighted by molar-refractivity contribution is -0.126. The van der Waals surface area contributed by atoms with Gasteiger partial charge in [-0.05, 0) is 66.1 Å². The van der Waals surface area contributed by atoms with E-state index < -0.39 is 11.9 Å². The summed E-state index contributed by atoms with van der Waals surface area (Å²) in [6.45, 7) is 2.74. The number of nitrogens with zero attached hydrogens (tertiary/aromatic N) is 1. The van der Waals surface area contributed by atoms with Crippen molar-refractivity contribution in [3.8, 4) is 11.5 Å². The molecule has 1 aliphatic rings. The monoisotopic (exact) mass is 565 g/mol. The maximum Gasteiger partial charge on any atom is 0.261 e. The average molecular weight is 566 g/mol. The van der Waals surface area contributed by atoms with Gasteiger partial charge in [-0.25, -0.2) is 0 Å². The highest BCUT2D eigenvalue weighted by atomic mass is 32.1. The van der Waals surface area contributed by atoms with E-state index in [1.54, 1.807) is 35.7 Å². The molecule has 0 bridgehead atoms. The smallest absolute Gasteiger partial charge is 0.261 e. The van der Waals surface area contributed by atoms with Gasteiger partial charge in [-0.2, -0.15) is 0 Å². The maximum absolute atomic E-state index is 13.9. The van der Waals surface area contributed by atoms with Gasteiger partial charge in [-0.1, -0.05) is 31.2 Å². The molecule has 3 amide bonds. The first-order valence-electron chi connectivity index (χ1n) is 13.3. The van der Waals surface area contributed by atoms with Gasteiger partial charge < -0.3 is 24.8 Å². The van der Waals surface area contributed by atoms with E-state index >= 15 is 0 Å². The molecule has 9 nitrogen and oxygen atoms in total. The van der Waals surface area contributed by atoms with Crippen molar-refractivity contribution >= 4 is 34.7 Å². The second-order valence-electron chi connectivity index (χ2n) is 9.34. The Morgan fingerprint density at radius 1 is 1.05 bits per heavy atom. The number of anilines is 1. The van der Waals surface area contributed by atoms with Crippen LogP contribution in [0.3, 0.4) is 0 Å². The van der Waals surface area contributed by atoms with Crippen LogP contribution in [-0.2, 0) is 20.7 Å². The Balaban J connectivity index is 1.71. The maximum atomic E-state index is 13.9. The van der Waals surface area contributed by atoms with Gasteiger partial charge in [0, 0.05) is 18.8 Å². The fourth-order valence-electron chi connectivity index (χ4n) is 4.62. The van der Waals surface area contributed by atoms with E-state index in [0.717, 1.165) is 24.8 Å². The van der Waals surface area contributed by atoms with Crippen molar-refractivity contribution < 1.29 is 28.6 Å². The van der Waals surface area contributed by atoms with Crippen molar-refractivity contribution in [2.75, 3.05) is 38.8 Å². The number of hydrogen-bond donors (Lipinski definition) is 2. The lowest BCUT2D eigenvalue weighted by Crippen LogP contribution is -2.48. The SMILES string of the molecule is CCc1ccc(N(C(=O)CNC(=O)c2cccs2)[C@H](C(=O)NC[C@@H]2CCCO2)c2ccc(OC)c(OC)c2)cc1. The van der Waals surface area contributed by atoms with E-state index in [1.165, 1.54) is 30.5 Å². The number of carbonyl (C=O) groups is 3. The zero-order chi connectivity index (χ0) is 28.5. The number of nitrogens with one attached hydrogen (secondary N) is 2. The van der Waals surface area contributed by atoms with Gasteiger partial charge >= 0.3 is 0 Å². The minimum absolute atomic E-state index is 0.0759. The Morgan fingerprint density at radius 2 is 1.82 bits per heavy atom. The summed E-state index contributed by atoms with van der Waals surface area (Å²) in [5, 5.41) is 7.49. The number of rotatable bonds is 12. The lowest BCUT2D eigenvalue weighted by atomic mass is 10.0. The molecule has 0 spiro atoms. The van der Waals surface area contributed by atoms with Crippen LogP contribution in [-0.4, -0.2) is 57.7 Å². The third-order valence-corrected chi connectivity index (χ3v) is 7.66. The minimum Gasteiger partial charge on any atom is -0.493 e. The first-order valence-corrected chi connectivity index (χ1v) is 14.2. The van der Waals surface area contributed by atoms with Crippen LogP contribution in [0.5, 0.6) is 11.5 Å². The summed E-state index contributed by atoms with van der Waals surface area (Å²) >= 11 is 1.29. The van der Waals surface area contributed by atoms with Crippen LogP contribution in [0.2, 0.25) is 0 Å². The Hall–Kier alpha value is -3.89. The molecule has 1 aliphatic heterocycles. The molecule has 1 fully saturated rings. The van der Waals surface area contributed by atoms with Crippen LogP contribution in [0.4, 0.5) is 5.69 Å². The van der Waals surface area contributed by atoms with Gasteiger partial charge in [-0.15, -0.1) is 11.3 Å². The molecule has 2 heterocycles. The minimum atomic E-state index is -1.06. The van der Waals surface area contributed by atoms with E-state index in [9.17, 15) is 14.4 Å².